The van der Waals surface area contributed by atoms with E-state index < -0.39 is 91.5 Å². The number of ether oxygens (including phenoxy) is 4. The third-order valence-electron chi connectivity index (χ3n) is 12.6. The summed E-state index contributed by atoms with van der Waals surface area (Å²) in [6.07, 6.45) is 12.0. The van der Waals surface area contributed by atoms with Crippen molar-refractivity contribution in [1.82, 2.24) is 21.3 Å². The predicted octanol–water partition coefficient (Wildman–Crippen LogP) is 3.47. The fourth-order valence-corrected chi connectivity index (χ4v) is 8.24. The molecule has 2 saturated heterocycles. The van der Waals surface area contributed by atoms with E-state index in [1.165, 1.54) is 104 Å². The second kappa shape index (κ2) is 35.7. The molecule has 18 heteroatoms. The van der Waals surface area contributed by atoms with Crippen LogP contribution in [0.4, 0.5) is 0 Å². The fourth-order valence-electron chi connectivity index (χ4n) is 8.24. The zero-order chi connectivity index (χ0) is 47.8. The van der Waals surface area contributed by atoms with Crippen molar-refractivity contribution in [3.05, 3.63) is 0 Å². The molecule has 9 N–H and O–H groups in total. The van der Waals surface area contributed by atoms with Gasteiger partial charge in [-0.3, -0.25) is 19.2 Å². The maximum Gasteiger partial charge on any atom is 0.233 e. The molecule has 0 saturated carbocycles. The number of amides is 4. The van der Waals surface area contributed by atoms with Gasteiger partial charge in [0.2, 0.25) is 23.6 Å². The molecule has 0 spiro atoms. The van der Waals surface area contributed by atoms with Crippen molar-refractivity contribution < 1.29 is 63.7 Å². The minimum atomic E-state index is -1.60. The first-order valence-corrected chi connectivity index (χ1v) is 25.1. The minimum Gasteiger partial charge on any atom is -0.394 e. The lowest BCUT2D eigenvalue weighted by Gasteiger charge is -2.46. The van der Waals surface area contributed by atoms with Crippen molar-refractivity contribution in [3.63, 3.8) is 0 Å². The monoisotopic (exact) mass is 928 g/mol. The molecule has 0 aliphatic carbocycles. The van der Waals surface area contributed by atoms with E-state index in [2.05, 4.69) is 35.1 Å². The molecular formula is C47H88BN4O13. The number of carbonyl (C=O) groups is 4. The van der Waals surface area contributed by atoms with Gasteiger partial charge in [-0.2, -0.15) is 0 Å². The van der Waals surface area contributed by atoms with Gasteiger partial charge < -0.3 is 65.7 Å². The number of methoxy groups -OCH3 is 1. The van der Waals surface area contributed by atoms with Gasteiger partial charge in [0.1, 0.15) is 30.5 Å². The molecule has 2 aliphatic heterocycles. The van der Waals surface area contributed by atoms with Crippen molar-refractivity contribution in [2.45, 2.75) is 236 Å². The molecule has 0 aromatic carbocycles. The van der Waals surface area contributed by atoms with Gasteiger partial charge in [-0.25, -0.2) is 0 Å². The van der Waals surface area contributed by atoms with Gasteiger partial charge in [-0.15, -0.1) is 0 Å². The molecule has 2 heterocycles. The van der Waals surface area contributed by atoms with E-state index >= 15 is 0 Å². The molecule has 2 aliphatic rings. The molecule has 4 unspecified atom stereocenters. The van der Waals surface area contributed by atoms with Crippen molar-refractivity contribution in [2.75, 3.05) is 33.4 Å². The van der Waals surface area contributed by atoms with Crippen molar-refractivity contribution in [3.8, 4) is 0 Å². The summed E-state index contributed by atoms with van der Waals surface area (Å²) in [6, 6.07) is 0. The number of hydrogen-bond donors (Lipinski definition) is 9. The largest absolute Gasteiger partial charge is 0.394 e. The normalized spacial score (nSPS) is 26.0. The van der Waals surface area contributed by atoms with Crippen LogP contribution in [0.25, 0.3) is 0 Å². The molecule has 4 amide bonds. The maximum absolute atomic E-state index is 13.3. The van der Waals surface area contributed by atoms with Crippen LogP contribution in [-0.4, -0.2) is 151 Å². The quantitative estimate of drug-likeness (QED) is 0.0320. The van der Waals surface area contributed by atoms with E-state index in [1.807, 2.05) is 0 Å². The van der Waals surface area contributed by atoms with Crippen molar-refractivity contribution in [1.29, 1.82) is 0 Å². The van der Waals surface area contributed by atoms with Crippen LogP contribution >= 0.6 is 0 Å². The van der Waals surface area contributed by atoms with Gasteiger partial charge in [0.05, 0.1) is 24.8 Å². The zero-order valence-electron chi connectivity index (χ0n) is 40.2. The maximum atomic E-state index is 13.3. The van der Waals surface area contributed by atoms with E-state index in [0.717, 1.165) is 44.9 Å². The van der Waals surface area contributed by atoms with Crippen LogP contribution in [0, 0.1) is 5.92 Å². The van der Waals surface area contributed by atoms with Crippen LogP contribution in [0.2, 0.25) is 6.32 Å². The standard InChI is InChI=1S/C47H88BN4O13/c1-5-7-9-11-13-15-17-19-21-23-25-29-50-45(61)44(48-30-38(56)49-28-24-22-20-18-16-14-12-10-8-6-2)52-37(55)27-26-36(54)51-31-34-33(3)39(57)41(59)47(63-34)65-43-35(32-53)64-46(62-4)42(60)40(43)58/h33-35,39-44,46-47,53,57-60H,5-32H2,1-4H3,(H,49,56)(H,50,61)(H,51,54)(H,52,55)/t33-,34?,35?,39+,40-,41?,42?,43-,44-,46+,47-/m1/s1. The van der Waals surface area contributed by atoms with Crippen molar-refractivity contribution in [2.24, 2.45) is 5.92 Å². The van der Waals surface area contributed by atoms with Crippen LogP contribution in [0.3, 0.4) is 0 Å². The van der Waals surface area contributed by atoms with Crippen LogP contribution in [0.15, 0.2) is 0 Å². The number of aliphatic hydroxyl groups is 5. The average molecular weight is 928 g/mol. The molecule has 0 aromatic heterocycles. The number of unbranched alkanes of at least 4 members (excludes halogenated alkanes) is 19. The van der Waals surface area contributed by atoms with Crippen LogP contribution in [-0.2, 0) is 38.1 Å². The van der Waals surface area contributed by atoms with Gasteiger partial charge in [0.15, 0.2) is 19.9 Å². The second-order valence-corrected chi connectivity index (χ2v) is 18.1. The summed E-state index contributed by atoms with van der Waals surface area (Å²) < 4.78 is 22.1. The van der Waals surface area contributed by atoms with E-state index in [9.17, 15) is 44.7 Å². The molecule has 0 bridgehead atoms. The first-order chi connectivity index (χ1) is 31.4. The van der Waals surface area contributed by atoms with Gasteiger partial charge in [0, 0.05) is 51.8 Å². The van der Waals surface area contributed by atoms with E-state index in [-0.39, 0.29) is 31.6 Å². The Balaban J connectivity index is 1.85. The van der Waals surface area contributed by atoms with E-state index in [1.54, 1.807) is 6.92 Å². The fraction of sp³-hybridized carbons (Fsp3) is 0.915. The Morgan fingerprint density at radius 1 is 0.585 bits per heavy atom. The van der Waals surface area contributed by atoms with Gasteiger partial charge >= 0.3 is 0 Å². The van der Waals surface area contributed by atoms with E-state index in [0.29, 0.717) is 13.1 Å². The number of nitrogens with one attached hydrogen (secondary N) is 4. The highest BCUT2D eigenvalue weighted by molar-refractivity contribution is 6.49. The molecule has 65 heavy (non-hydrogen) atoms. The molecule has 0 aromatic rings. The summed E-state index contributed by atoms with van der Waals surface area (Å²) in [5.74, 6) is -3.52. The Kier molecular flexibility index (Phi) is 32.2. The molecule has 1 radical (unpaired) electrons. The lowest BCUT2D eigenvalue weighted by Crippen LogP contribution is -2.63. The first-order valence-electron chi connectivity index (χ1n) is 25.1. The molecule has 377 valence electrons. The van der Waals surface area contributed by atoms with Gasteiger partial charge in [-0.1, -0.05) is 143 Å². The molecular weight excluding hydrogens is 839 g/mol. The number of carbonyl (C=O) groups excluding carboxylic acids is 4. The summed E-state index contributed by atoms with van der Waals surface area (Å²) in [5, 5.41) is 63.6. The molecule has 2 rings (SSSR count). The van der Waals surface area contributed by atoms with Crippen molar-refractivity contribution >= 4 is 30.9 Å². The topological polar surface area (TPSA) is 254 Å². The summed E-state index contributed by atoms with van der Waals surface area (Å²) in [4.78, 5) is 52.1. The Hall–Kier alpha value is -2.42. The predicted molar refractivity (Wildman–Crippen MR) is 249 cm³/mol. The first kappa shape index (κ1) is 58.7. The highest BCUT2D eigenvalue weighted by atomic mass is 16.7. The van der Waals surface area contributed by atoms with Crippen LogP contribution < -0.4 is 21.3 Å². The Labute approximate surface area is 390 Å². The van der Waals surface area contributed by atoms with Gasteiger partial charge in [-0.05, 0) is 12.8 Å². The minimum absolute atomic E-state index is 0.0679. The summed E-state index contributed by atoms with van der Waals surface area (Å²) in [5.41, 5.74) is 0. The summed E-state index contributed by atoms with van der Waals surface area (Å²) in [7, 11) is 2.74. The zero-order valence-corrected chi connectivity index (χ0v) is 40.2. The average Bonchev–Trinajstić information content (AvgIpc) is 3.30. The summed E-state index contributed by atoms with van der Waals surface area (Å²) >= 11 is 0. The molecule has 11 atom stereocenters. The highest BCUT2D eigenvalue weighted by Crippen LogP contribution is 2.31. The summed E-state index contributed by atoms with van der Waals surface area (Å²) in [6.45, 7) is 6.26. The highest BCUT2D eigenvalue weighted by Gasteiger charge is 2.50. The Bertz CT molecular complexity index is 1290. The number of hydrogen-bond acceptors (Lipinski definition) is 13. The lowest BCUT2D eigenvalue weighted by molar-refractivity contribution is -0.351. The van der Waals surface area contributed by atoms with Crippen LogP contribution in [0.5, 0.6) is 0 Å². The smallest absolute Gasteiger partial charge is 0.233 e. The molecule has 17 nitrogen and oxygen atoms in total. The van der Waals surface area contributed by atoms with E-state index in [4.69, 9.17) is 18.9 Å². The number of aliphatic hydroxyl groups excluding tert-OH is 5. The number of rotatable bonds is 37. The second-order valence-electron chi connectivity index (χ2n) is 18.1. The lowest BCUT2D eigenvalue weighted by atomic mass is 9.65. The SMILES string of the molecule is CCCCCCCCCCCCCNC(=O)[C@H]([B]CC(=O)NCCCCCCCCCCCC)NC(=O)CCC(=O)NCC1O[C@H](O[C@@H]2C(CO)O[C@H](OC)C(O)[C@H]2O)C(O)[C@@H](O)[C@@H]1C. The van der Waals surface area contributed by atoms with Gasteiger partial charge in [0.25, 0.3) is 0 Å². The third-order valence-corrected chi connectivity index (χ3v) is 12.6. The van der Waals surface area contributed by atoms with Crippen LogP contribution in [0.1, 0.15) is 168 Å². The Morgan fingerprint density at radius 2 is 1.06 bits per heavy atom. The molecule has 2 fully saturated rings. The Morgan fingerprint density at radius 3 is 1.58 bits per heavy atom. The third kappa shape index (κ3) is 23.9.